The average molecular weight is 421 g/mol. The zero-order valence-electron chi connectivity index (χ0n) is 16.3. The van der Waals surface area contributed by atoms with Gasteiger partial charge in [-0.25, -0.2) is 0 Å². The van der Waals surface area contributed by atoms with Gasteiger partial charge in [-0.1, -0.05) is 48.0 Å². The van der Waals surface area contributed by atoms with Crippen molar-refractivity contribution in [1.82, 2.24) is 9.47 Å². The normalized spacial score (nSPS) is 17.5. The van der Waals surface area contributed by atoms with Crippen LogP contribution in [0, 0.1) is 0 Å². The predicted molar refractivity (Wildman–Crippen MR) is 117 cm³/mol. The van der Waals surface area contributed by atoms with Crippen molar-refractivity contribution in [3.05, 3.63) is 81.1 Å². The van der Waals surface area contributed by atoms with Crippen LogP contribution >= 0.6 is 11.6 Å². The van der Waals surface area contributed by atoms with E-state index in [0.29, 0.717) is 54.3 Å². The summed E-state index contributed by atoms with van der Waals surface area (Å²) in [6.45, 7) is 1.31. The van der Waals surface area contributed by atoms with Crippen molar-refractivity contribution in [1.29, 1.82) is 0 Å². The fourth-order valence-electron chi connectivity index (χ4n) is 4.47. The third-order valence-electron chi connectivity index (χ3n) is 5.99. The summed E-state index contributed by atoms with van der Waals surface area (Å²) in [5, 5.41) is 10.5. The van der Waals surface area contributed by atoms with Gasteiger partial charge < -0.3 is 14.6 Å². The molecule has 5 nitrogen and oxygen atoms in total. The molecule has 3 heterocycles. The highest BCUT2D eigenvalue weighted by Crippen LogP contribution is 2.35. The van der Waals surface area contributed by atoms with Gasteiger partial charge in [0, 0.05) is 35.8 Å². The maximum absolute atomic E-state index is 13.5. The SMILES string of the molecule is O=C(c1cc(-c2ccccc2)c(=O)n2c1-c1cc(Cl)ccc1CC2)N1CC[C@H](O)C1. The van der Waals surface area contributed by atoms with Crippen LogP contribution in [0.3, 0.4) is 0 Å². The largest absolute Gasteiger partial charge is 0.391 e. The molecule has 6 heteroatoms. The Kier molecular flexibility index (Phi) is 4.72. The number of halogens is 1. The quantitative estimate of drug-likeness (QED) is 0.689. The number of pyridine rings is 1. The summed E-state index contributed by atoms with van der Waals surface area (Å²) in [6, 6.07) is 16.8. The smallest absolute Gasteiger partial charge is 0.258 e. The van der Waals surface area contributed by atoms with Gasteiger partial charge >= 0.3 is 0 Å². The minimum Gasteiger partial charge on any atom is -0.391 e. The molecule has 0 saturated carbocycles. The number of hydrogen-bond donors (Lipinski definition) is 1. The molecule has 0 unspecified atom stereocenters. The van der Waals surface area contributed by atoms with Crippen LogP contribution in [0.15, 0.2) is 59.4 Å². The van der Waals surface area contributed by atoms with E-state index < -0.39 is 6.10 Å². The zero-order valence-corrected chi connectivity index (χ0v) is 17.1. The Labute approximate surface area is 179 Å². The van der Waals surface area contributed by atoms with E-state index in [1.807, 2.05) is 48.5 Å². The number of aromatic nitrogens is 1. The van der Waals surface area contributed by atoms with E-state index in [1.54, 1.807) is 15.5 Å². The molecule has 5 rings (SSSR count). The lowest BCUT2D eigenvalue weighted by molar-refractivity contribution is 0.0765. The van der Waals surface area contributed by atoms with Crippen molar-refractivity contribution in [2.45, 2.75) is 25.5 Å². The number of amides is 1. The summed E-state index contributed by atoms with van der Waals surface area (Å²) in [7, 11) is 0. The van der Waals surface area contributed by atoms with Crippen molar-refractivity contribution in [2.24, 2.45) is 0 Å². The number of carbonyl (C=O) groups is 1. The Morgan fingerprint density at radius 2 is 1.83 bits per heavy atom. The van der Waals surface area contributed by atoms with Crippen LogP contribution in [-0.2, 0) is 13.0 Å². The van der Waals surface area contributed by atoms with Crippen molar-refractivity contribution in [3.8, 4) is 22.4 Å². The van der Waals surface area contributed by atoms with Gasteiger partial charge in [-0.3, -0.25) is 9.59 Å². The van der Waals surface area contributed by atoms with Gasteiger partial charge in [-0.05, 0) is 42.2 Å². The van der Waals surface area contributed by atoms with E-state index in [4.69, 9.17) is 11.6 Å². The van der Waals surface area contributed by atoms with E-state index in [1.165, 1.54) is 0 Å². The lowest BCUT2D eigenvalue weighted by atomic mass is 9.92. The molecule has 1 atom stereocenters. The van der Waals surface area contributed by atoms with Gasteiger partial charge in [0.2, 0.25) is 0 Å². The molecule has 152 valence electrons. The number of carbonyl (C=O) groups excluding carboxylic acids is 1. The van der Waals surface area contributed by atoms with Crippen LogP contribution < -0.4 is 5.56 Å². The summed E-state index contributed by atoms with van der Waals surface area (Å²) in [5.74, 6) is -0.166. The Morgan fingerprint density at radius 1 is 1.03 bits per heavy atom. The Balaban J connectivity index is 1.77. The molecule has 1 aromatic heterocycles. The molecule has 0 spiro atoms. The van der Waals surface area contributed by atoms with Gasteiger partial charge in [-0.15, -0.1) is 0 Å². The first-order chi connectivity index (χ1) is 14.5. The van der Waals surface area contributed by atoms with Crippen LogP contribution in [0.2, 0.25) is 5.02 Å². The number of β-amino-alcohol motifs (C(OH)–C–C–N with tert-alkyl or cyclic N) is 1. The zero-order chi connectivity index (χ0) is 20.8. The second-order valence-electron chi connectivity index (χ2n) is 7.89. The summed E-state index contributed by atoms with van der Waals surface area (Å²) in [4.78, 5) is 28.6. The number of aliphatic hydroxyl groups is 1. The molecule has 30 heavy (non-hydrogen) atoms. The molecule has 2 aliphatic rings. The number of likely N-dealkylation sites (tertiary alicyclic amines) is 1. The van der Waals surface area contributed by atoms with Gasteiger partial charge in [0.05, 0.1) is 17.4 Å². The lowest BCUT2D eigenvalue weighted by Gasteiger charge is -2.27. The number of aryl methyl sites for hydroxylation is 1. The van der Waals surface area contributed by atoms with Crippen molar-refractivity contribution in [2.75, 3.05) is 13.1 Å². The predicted octanol–water partition coefficient (Wildman–Crippen LogP) is 3.60. The first kappa shape index (κ1) is 19.1. The Morgan fingerprint density at radius 3 is 2.57 bits per heavy atom. The molecule has 3 aromatic rings. The maximum atomic E-state index is 13.5. The molecule has 0 aliphatic carbocycles. The molecule has 1 fully saturated rings. The van der Waals surface area contributed by atoms with Crippen LogP contribution in [-0.4, -0.2) is 39.7 Å². The molecule has 0 bridgehead atoms. The van der Waals surface area contributed by atoms with Crippen LogP contribution in [0.4, 0.5) is 0 Å². The maximum Gasteiger partial charge on any atom is 0.258 e. The summed E-state index contributed by atoms with van der Waals surface area (Å²) < 4.78 is 1.71. The summed E-state index contributed by atoms with van der Waals surface area (Å²) in [5.41, 5.74) is 4.17. The Hall–Kier alpha value is -2.89. The molecule has 2 aliphatic heterocycles. The second kappa shape index (κ2) is 7.42. The molecular weight excluding hydrogens is 400 g/mol. The van der Waals surface area contributed by atoms with Gasteiger partial charge in [0.25, 0.3) is 11.5 Å². The highest BCUT2D eigenvalue weighted by Gasteiger charge is 2.31. The standard InChI is InChI=1S/C24H21ClN2O3/c25-17-7-6-16-8-11-27-22(19(16)12-17)21(23(29)26-10-9-18(28)14-26)13-20(24(27)30)15-4-2-1-3-5-15/h1-7,12-13,18,28H,8-11,14H2/t18-/m0/s1. The van der Waals surface area contributed by atoms with Crippen LogP contribution in [0.1, 0.15) is 22.3 Å². The third-order valence-corrected chi connectivity index (χ3v) is 6.22. The van der Waals surface area contributed by atoms with Crippen LogP contribution in [0.5, 0.6) is 0 Å². The van der Waals surface area contributed by atoms with Gasteiger partial charge in [0.1, 0.15) is 0 Å². The minimum atomic E-state index is -0.508. The summed E-state index contributed by atoms with van der Waals surface area (Å²) >= 11 is 6.27. The van der Waals surface area contributed by atoms with Gasteiger partial charge in [-0.2, -0.15) is 0 Å². The first-order valence-corrected chi connectivity index (χ1v) is 10.5. The topological polar surface area (TPSA) is 62.5 Å². The van der Waals surface area contributed by atoms with E-state index in [2.05, 4.69) is 0 Å². The van der Waals surface area contributed by atoms with Crippen LogP contribution in [0.25, 0.3) is 22.4 Å². The molecule has 0 radical (unpaired) electrons. The average Bonchev–Trinajstić information content (AvgIpc) is 3.20. The molecule has 2 aromatic carbocycles. The van der Waals surface area contributed by atoms with E-state index >= 15 is 0 Å². The number of benzene rings is 2. The fraction of sp³-hybridized carbons (Fsp3) is 0.250. The second-order valence-corrected chi connectivity index (χ2v) is 8.32. The highest BCUT2D eigenvalue weighted by molar-refractivity contribution is 6.31. The number of rotatable bonds is 2. The highest BCUT2D eigenvalue weighted by atomic mass is 35.5. The monoisotopic (exact) mass is 420 g/mol. The van der Waals surface area contributed by atoms with Crippen molar-refractivity contribution in [3.63, 3.8) is 0 Å². The molecular formula is C24H21ClN2O3. The Bertz CT molecular complexity index is 1200. The van der Waals surface area contributed by atoms with E-state index in [0.717, 1.165) is 16.7 Å². The van der Waals surface area contributed by atoms with Crippen molar-refractivity contribution >= 4 is 17.5 Å². The number of nitrogens with zero attached hydrogens (tertiary/aromatic N) is 2. The van der Waals surface area contributed by atoms with Crippen molar-refractivity contribution < 1.29 is 9.90 Å². The fourth-order valence-corrected chi connectivity index (χ4v) is 4.65. The molecule has 1 N–H and O–H groups in total. The van der Waals surface area contributed by atoms with E-state index in [9.17, 15) is 14.7 Å². The number of aliphatic hydroxyl groups excluding tert-OH is 1. The van der Waals surface area contributed by atoms with Gasteiger partial charge in [0.15, 0.2) is 0 Å². The summed E-state index contributed by atoms with van der Waals surface area (Å²) in [6.07, 6.45) is 0.758. The molecule has 1 saturated heterocycles. The lowest BCUT2D eigenvalue weighted by Crippen LogP contribution is -2.34. The van der Waals surface area contributed by atoms with E-state index in [-0.39, 0.29) is 11.5 Å². The molecule has 1 amide bonds. The third kappa shape index (κ3) is 3.15. The first-order valence-electron chi connectivity index (χ1n) is 10.1. The number of fused-ring (bicyclic) bond motifs is 3. The minimum absolute atomic E-state index is 0.111. The number of hydrogen-bond acceptors (Lipinski definition) is 3.